The van der Waals surface area contributed by atoms with Crippen LogP contribution in [-0.2, 0) is 19.1 Å². The minimum Gasteiger partial charge on any atom is -0.467 e. The Balaban J connectivity index is 2.25. The Bertz CT molecular complexity index is 329. The zero-order chi connectivity index (χ0) is 14.1. The molecule has 1 N–H and O–H groups in total. The molecule has 108 valence electrons. The van der Waals surface area contributed by atoms with Crippen LogP contribution in [-0.4, -0.2) is 61.4 Å². The molecular formula is C13H21NO5. The maximum Gasteiger partial charge on any atom is 0.331 e. The van der Waals surface area contributed by atoms with E-state index in [1.807, 2.05) is 6.08 Å². The second-order valence-corrected chi connectivity index (χ2v) is 4.34. The highest BCUT2D eigenvalue weighted by Gasteiger charge is 2.25. The van der Waals surface area contributed by atoms with Crippen molar-refractivity contribution in [2.45, 2.75) is 25.3 Å². The molecular weight excluding hydrogens is 250 g/mol. The lowest BCUT2D eigenvalue weighted by Crippen LogP contribution is -2.45. The van der Waals surface area contributed by atoms with E-state index in [2.05, 4.69) is 4.74 Å². The Kier molecular flexibility index (Phi) is 7.14. The van der Waals surface area contributed by atoms with Crippen LogP contribution in [0.1, 0.15) is 19.3 Å². The van der Waals surface area contributed by atoms with Crippen LogP contribution in [0.2, 0.25) is 0 Å². The van der Waals surface area contributed by atoms with Crippen LogP contribution in [0.4, 0.5) is 0 Å². The Morgan fingerprint density at radius 2 is 2.32 bits per heavy atom. The Morgan fingerprint density at radius 1 is 1.53 bits per heavy atom. The number of amides is 1. The maximum atomic E-state index is 11.7. The van der Waals surface area contributed by atoms with Gasteiger partial charge in [-0.2, -0.15) is 0 Å². The summed E-state index contributed by atoms with van der Waals surface area (Å²) in [5, 5.41) is 9.21. The average Bonchev–Trinajstić information content (AvgIpc) is 2.43. The molecule has 1 amide bonds. The molecule has 0 aromatic rings. The van der Waals surface area contributed by atoms with Crippen molar-refractivity contribution in [3.05, 3.63) is 12.2 Å². The van der Waals surface area contributed by atoms with Gasteiger partial charge in [-0.1, -0.05) is 12.2 Å². The number of carbonyl (C=O) groups excluding carboxylic acids is 2. The normalized spacial score (nSPS) is 20.0. The van der Waals surface area contributed by atoms with Gasteiger partial charge in [-0.3, -0.25) is 4.79 Å². The van der Waals surface area contributed by atoms with Crippen molar-refractivity contribution in [1.29, 1.82) is 0 Å². The molecule has 0 saturated carbocycles. The number of aliphatic hydroxyl groups is 1. The topological polar surface area (TPSA) is 76.1 Å². The number of likely N-dealkylation sites (tertiary alicyclic amines) is 1. The first-order chi connectivity index (χ1) is 9.19. The fourth-order valence-electron chi connectivity index (χ4n) is 1.96. The average molecular weight is 271 g/mol. The number of rotatable bonds is 7. The lowest BCUT2D eigenvalue weighted by atomic mass is 10.0. The summed E-state index contributed by atoms with van der Waals surface area (Å²) >= 11 is 0. The number of esters is 1. The summed E-state index contributed by atoms with van der Waals surface area (Å²) in [6.45, 7) is 0.674. The van der Waals surface area contributed by atoms with Crippen molar-refractivity contribution in [1.82, 2.24) is 4.90 Å². The summed E-state index contributed by atoms with van der Waals surface area (Å²) in [5.74, 6) is -0.342. The van der Waals surface area contributed by atoms with Gasteiger partial charge in [0.15, 0.2) is 0 Å². The van der Waals surface area contributed by atoms with Crippen molar-refractivity contribution < 1.29 is 24.2 Å². The van der Waals surface area contributed by atoms with E-state index in [0.717, 1.165) is 12.8 Å². The lowest BCUT2D eigenvalue weighted by molar-refractivity contribution is -0.145. The molecule has 0 bridgehead atoms. The number of hydrogen-bond acceptors (Lipinski definition) is 5. The number of carbonyl (C=O) groups is 2. The van der Waals surface area contributed by atoms with Crippen LogP contribution in [0.5, 0.6) is 0 Å². The number of ether oxygens (including phenoxy) is 2. The predicted octanol–water partition coefficient (Wildman–Crippen LogP) is 0.106. The van der Waals surface area contributed by atoms with E-state index in [1.165, 1.54) is 7.11 Å². The second kappa shape index (κ2) is 8.66. The smallest absolute Gasteiger partial charge is 0.331 e. The van der Waals surface area contributed by atoms with Gasteiger partial charge < -0.3 is 19.5 Å². The number of piperidine rings is 1. The van der Waals surface area contributed by atoms with E-state index in [1.54, 1.807) is 11.0 Å². The monoisotopic (exact) mass is 271 g/mol. The van der Waals surface area contributed by atoms with Gasteiger partial charge in [0, 0.05) is 13.0 Å². The van der Waals surface area contributed by atoms with Gasteiger partial charge in [-0.15, -0.1) is 0 Å². The Labute approximate surface area is 113 Å². The second-order valence-electron chi connectivity index (χ2n) is 4.34. The SMILES string of the molecule is COC(=O)COCC=CCN1C(=O)CCC[C@@H]1CO. The summed E-state index contributed by atoms with van der Waals surface area (Å²) in [7, 11) is 1.30. The van der Waals surface area contributed by atoms with Crippen LogP contribution >= 0.6 is 0 Å². The molecule has 1 heterocycles. The highest BCUT2D eigenvalue weighted by Crippen LogP contribution is 2.17. The summed E-state index contributed by atoms with van der Waals surface area (Å²) in [6, 6.07) is -0.0816. The molecule has 1 aliphatic rings. The Morgan fingerprint density at radius 3 is 3.00 bits per heavy atom. The molecule has 0 aromatic carbocycles. The third kappa shape index (κ3) is 5.40. The fourth-order valence-corrected chi connectivity index (χ4v) is 1.96. The number of nitrogens with zero attached hydrogens (tertiary/aromatic N) is 1. The molecule has 6 heteroatoms. The summed E-state index contributed by atoms with van der Waals surface area (Å²) in [4.78, 5) is 24.1. The molecule has 19 heavy (non-hydrogen) atoms. The molecule has 1 atom stereocenters. The summed E-state index contributed by atoms with van der Waals surface area (Å²) in [5.41, 5.74) is 0. The molecule has 0 unspecified atom stereocenters. The van der Waals surface area contributed by atoms with Gasteiger partial charge in [0.2, 0.25) is 5.91 Å². The predicted molar refractivity (Wildman–Crippen MR) is 68.4 cm³/mol. The van der Waals surface area contributed by atoms with Crippen molar-refractivity contribution in [2.75, 3.05) is 33.5 Å². The highest BCUT2D eigenvalue weighted by atomic mass is 16.6. The fraction of sp³-hybridized carbons (Fsp3) is 0.692. The maximum absolute atomic E-state index is 11.7. The van der Waals surface area contributed by atoms with E-state index in [-0.39, 0.29) is 25.2 Å². The first kappa shape index (κ1) is 15.7. The van der Waals surface area contributed by atoms with E-state index in [9.17, 15) is 14.7 Å². The zero-order valence-electron chi connectivity index (χ0n) is 11.2. The van der Waals surface area contributed by atoms with Crippen LogP contribution in [0.3, 0.4) is 0 Å². The van der Waals surface area contributed by atoms with Gasteiger partial charge in [0.25, 0.3) is 0 Å². The molecule has 1 fully saturated rings. The minimum absolute atomic E-state index is 0.00157. The van der Waals surface area contributed by atoms with Crippen molar-refractivity contribution in [3.63, 3.8) is 0 Å². The van der Waals surface area contributed by atoms with Crippen LogP contribution in [0.15, 0.2) is 12.2 Å². The number of hydrogen-bond donors (Lipinski definition) is 1. The molecule has 0 spiro atoms. The van der Waals surface area contributed by atoms with E-state index >= 15 is 0 Å². The molecule has 1 aliphatic heterocycles. The van der Waals surface area contributed by atoms with E-state index in [0.29, 0.717) is 19.6 Å². The zero-order valence-corrected chi connectivity index (χ0v) is 11.2. The van der Waals surface area contributed by atoms with Crippen LogP contribution < -0.4 is 0 Å². The van der Waals surface area contributed by atoms with E-state index < -0.39 is 5.97 Å². The van der Waals surface area contributed by atoms with E-state index in [4.69, 9.17) is 4.74 Å². The van der Waals surface area contributed by atoms with Crippen molar-refractivity contribution >= 4 is 11.9 Å². The first-order valence-corrected chi connectivity index (χ1v) is 6.39. The standard InChI is InChI=1S/C13H21NO5/c1-18-13(17)10-19-8-3-2-7-14-11(9-15)5-4-6-12(14)16/h2-3,11,15H,4-10H2,1H3/t11-/m1/s1. The third-order valence-corrected chi connectivity index (χ3v) is 3.03. The summed E-state index contributed by atoms with van der Waals surface area (Å²) < 4.78 is 9.47. The third-order valence-electron chi connectivity index (χ3n) is 3.03. The quantitative estimate of drug-likeness (QED) is 0.404. The van der Waals surface area contributed by atoms with Gasteiger partial charge in [-0.05, 0) is 12.8 Å². The molecule has 0 aromatic heterocycles. The van der Waals surface area contributed by atoms with Gasteiger partial charge in [-0.25, -0.2) is 4.79 Å². The number of methoxy groups -OCH3 is 1. The van der Waals surface area contributed by atoms with Crippen LogP contribution in [0.25, 0.3) is 0 Å². The van der Waals surface area contributed by atoms with Gasteiger partial charge in [0.1, 0.15) is 6.61 Å². The largest absolute Gasteiger partial charge is 0.467 e. The molecule has 0 aliphatic carbocycles. The molecule has 6 nitrogen and oxygen atoms in total. The van der Waals surface area contributed by atoms with Crippen molar-refractivity contribution in [2.24, 2.45) is 0 Å². The van der Waals surface area contributed by atoms with Crippen molar-refractivity contribution in [3.8, 4) is 0 Å². The minimum atomic E-state index is -0.417. The first-order valence-electron chi connectivity index (χ1n) is 6.39. The number of aliphatic hydroxyl groups excluding tert-OH is 1. The van der Waals surface area contributed by atoms with Gasteiger partial charge in [0.05, 0.1) is 26.4 Å². The Hall–Kier alpha value is -1.40. The molecule has 1 saturated heterocycles. The molecule has 1 rings (SSSR count). The van der Waals surface area contributed by atoms with Crippen LogP contribution in [0, 0.1) is 0 Å². The lowest BCUT2D eigenvalue weighted by Gasteiger charge is -2.33. The summed E-state index contributed by atoms with van der Waals surface area (Å²) in [6.07, 6.45) is 5.78. The van der Waals surface area contributed by atoms with Gasteiger partial charge >= 0.3 is 5.97 Å². The molecule has 0 radical (unpaired) electrons. The highest BCUT2D eigenvalue weighted by molar-refractivity contribution is 5.77.